The highest BCUT2D eigenvalue weighted by molar-refractivity contribution is 5.96. The van der Waals surface area contributed by atoms with Crippen molar-refractivity contribution in [2.45, 2.75) is 32.4 Å². The zero-order valence-electron chi connectivity index (χ0n) is 21.7. The van der Waals surface area contributed by atoms with Crippen LogP contribution in [-0.2, 0) is 11.3 Å². The molecule has 0 saturated carbocycles. The molecular weight excluding hydrogens is 468 g/mol. The van der Waals surface area contributed by atoms with Crippen LogP contribution in [0.2, 0.25) is 0 Å². The summed E-state index contributed by atoms with van der Waals surface area (Å²) in [6, 6.07) is 37.4. The first-order valence-corrected chi connectivity index (χ1v) is 12.9. The van der Waals surface area contributed by atoms with Crippen molar-refractivity contribution in [1.82, 2.24) is 9.78 Å². The minimum absolute atomic E-state index is 0.224. The van der Waals surface area contributed by atoms with Gasteiger partial charge in [0.1, 0.15) is 0 Å². The van der Waals surface area contributed by atoms with E-state index in [2.05, 4.69) is 24.4 Å². The Morgan fingerprint density at radius 1 is 0.789 bits per heavy atom. The summed E-state index contributed by atoms with van der Waals surface area (Å²) in [5.74, 6) is -0.476. The number of benzene rings is 4. The Morgan fingerprint density at radius 3 is 1.87 bits per heavy atom. The van der Waals surface area contributed by atoms with Gasteiger partial charge in [0, 0.05) is 22.9 Å². The van der Waals surface area contributed by atoms with Crippen molar-refractivity contribution in [3.63, 3.8) is 0 Å². The normalized spacial score (nSPS) is 11.9. The van der Waals surface area contributed by atoms with E-state index in [0.717, 1.165) is 40.2 Å². The first-order valence-electron chi connectivity index (χ1n) is 12.9. The van der Waals surface area contributed by atoms with Crippen molar-refractivity contribution in [1.29, 1.82) is 0 Å². The van der Waals surface area contributed by atoms with E-state index in [-0.39, 0.29) is 11.8 Å². The highest BCUT2D eigenvalue weighted by Gasteiger charge is 2.27. The van der Waals surface area contributed by atoms with Gasteiger partial charge in [0.25, 0.3) is 0 Å². The Labute approximate surface area is 224 Å². The van der Waals surface area contributed by atoms with Gasteiger partial charge in [0.15, 0.2) is 0 Å². The minimum atomic E-state index is -0.750. The molecule has 1 aromatic heterocycles. The van der Waals surface area contributed by atoms with Crippen molar-refractivity contribution in [3.8, 4) is 11.1 Å². The summed E-state index contributed by atoms with van der Waals surface area (Å²) in [6.45, 7) is 4.86. The molecule has 0 fully saturated rings. The number of nitrogens with one attached hydrogen (secondary N) is 1. The van der Waals surface area contributed by atoms with Crippen molar-refractivity contribution < 1.29 is 4.79 Å². The second-order valence-corrected chi connectivity index (χ2v) is 9.58. The van der Waals surface area contributed by atoms with E-state index in [4.69, 9.17) is 10.8 Å². The molecule has 1 heterocycles. The Kier molecular flexibility index (Phi) is 7.47. The van der Waals surface area contributed by atoms with Crippen LogP contribution in [0.15, 0.2) is 115 Å². The predicted octanol–water partition coefficient (Wildman–Crippen LogP) is 6.31. The highest BCUT2D eigenvalue weighted by atomic mass is 16.2. The smallest absolute Gasteiger partial charge is 0.242 e. The summed E-state index contributed by atoms with van der Waals surface area (Å²) in [6.07, 6.45) is 0. The molecule has 38 heavy (non-hydrogen) atoms. The zero-order chi connectivity index (χ0) is 26.5. The second-order valence-electron chi connectivity index (χ2n) is 9.58. The van der Waals surface area contributed by atoms with Gasteiger partial charge < -0.3 is 11.1 Å². The van der Waals surface area contributed by atoms with Crippen LogP contribution in [0.25, 0.3) is 11.1 Å². The van der Waals surface area contributed by atoms with Gasteiger partial charge in [-0.25, -0.2) is 0 Å². The molecule has 190 valence electrons. The number of carbonyl (C=O) groups excluding carboxylic acids is 1. The summed E-state index contributed by atoms with van der Waals surface area (Å²) >= 11 is 0. The van der Waals surface area contributed by atoms with Gasteiger partial charge in [-0.05, 0) is 48.2 Å². The van der Waals surface area contributed by atoms with Crippen LogP contribution in [-0.4, -0.2) is 21.7 Å². The van der Waals surface area contributed by atoms with E-state index < -0.39 is 6.04 Å². The Balaban J connectivity index is 1.33. The summed E-state index contributed by atoms with van der Waals surface area (Å²) in [4.78, 5) is 13.3. The molecule has 0 aliphatic rings. The standard InChI is InChI=1S/C33H32N4O/c1-23-30(24(2)37(36-23)22-25-12-6-3-7-13-25)28-18-20-29(21-19-28)35-33(38)32(34)31(26-14-8-4-9-15-26)27-16-10-5-11-17-27/h3-21,31-32H,22,34H2,1-2H3,(H,35,38)/t32-/m0/s1. The van der Waals surface area contributed by atoms with Crippen LogP contribution in [0, 0.1) is 13.8 Å². The number of rotatable bonds is 8. The van der Waals surface area contributed by atoms with Crippen LogP contribution in [0.3, 0.4) is 0 Å². The topological polar surface area (TPSA) is 72.9 Å². The van der Waals surface area contributed by atoms with Crippen LogP contribution >= 0.6 is 0 Å². The fraction of sp³-hybridized carbons (Fsp3) is 0.152. The van der Waals surface area contributed by atoms with E-state index in [9.17, 15) is 4.79 Å². The van der Waals surface area contributed by atoms with E-state index in [1.54, 1.807) is 0 Å². The van der Waals surface area contributed by atoms with Gasteiger partial charge in [-0.1, -0.05) is 103 Å². The Hall–Kier alpha value is -4.48. The molecule has 0 aliphatic heterocycles. The number of hydrogen-bond acceptors (Lipinski definition) is 3. The molecule has 1 atom stereocenters. The number of aryl methyl sites for hydroxylation is 1. The number of carbonyl (C=O) groups is 1. The molecule has 5 heteroatoms. The summed E-state index contributed by atoms with van der Waals surface area (Å²) in [5.41, 5.74) is 14.8. The number of anilines is 1. The third-order valence-electron chi connectivity index (χ3n) is 6.98. The molecule has 3 N–H and O–H groups in total. The zero-order valence-corrected chi connectivity index (χ0v) is 21.7. The van der Waals surface area contributed by atoms with Crippen LogP contribution in [0.4, 0.5) is 5.69 Å². The average Bonchev–Trinajstić information content (AvgIpc) is 3.23. The third kappa shape index (κ3) is 5.43. The summed E-state index contributed by atoms with van der Waals surface area (Å²) < 4.78 is 2.04. The van der Waals surface area contributed by atoms with Gasteiger partial charge in [-0.2, -0.15) is 5.10 Å². The maximum absolute atomic E-state index is 13.3. The molecule has 5 aromatic rings. The molecule has 0 unspecified atom stereocenters. The molecule has 4 aromatic carbocycles. The lowest BCUT2D eigenvalue weighted by Crippen LogP contribution is -2.41. The van der Waals surface area contributed by atoms with Crippen molar-refractivity contribution >= 4 is 11.6 Å². The molecule has 0 spiro atoms. The van der Waals surface area contributed by atoms with Gasteiger partial charge in [-0.3, -0.25) is 9.48 Å². The average molecular weight is 501 g/mol. The van der Waals surface area contributed by atoms with Crippen molar-refractivity contribution in [2.24, 2.45) is 5.73 Å². The summed E-state index contributed by atoms with van der Waals surface area (Å²) in [7, 11) is 0. The van der Waals surface area contributed by atoms with Crippen LogP contribution < -0.4 is 11.1 Å². The maximum Gasteiger partial charge on any atom is 0.242 e. The van der Waals surface area contributed by atoms with Gasteiger partial charge in [0.05, 0.1) is 18.3 Å². The molecule has 1 amide bonds. The molecule has 0 bridgehead atoms. The predicted molar refractivity (Wildman–Crippen MR) is 154 cm³/mol. The maximum atomic E-state index is 13.3. The number of amides is 1. The van der Waals surface area contributed by atoms with Gasteiger partial charge in [0.2, 0.25) is 5.91 Å². The Bertz CT molecular complexity index is 1450. The number of nitrogens with two attached hydrogens (primary N) is 1. The lowest BCUT2D eigenvalue weighted by molar-refractivity contribution is -0.117. The van der Waals surface area contributed by atoms with E-state index in [0.29, 0.717) is 5.69 Å². The minimum Gasteiger partial charge on any atom is -0.325 e. The van der Waals surface area contributed by atoms with E-state index >= 15 is 0 Å². The largest absolute Gasteiger partial charge is 0.325 e. The first kappa shape index (κ1) is 25.2. The molecule has 0 saturated heterocycles. The lowest BCUT2D eigenvalue weighted by Gasteiger charge is -2.24. The molecular formula is C33H32N4O. The third-order valence-corrected chi connectivity index (χ3v) is 6.98. The second kappa shape index (κ2) is 11.3. The first-order chi connectivity index (χ1) is 18.5. The van der Waals surface area contributed by atoms with E-state index in [1.165, 1.54) is 5.56 Å². The lowest BCUT2D eigenvalue weighted by atomic mass is 9.85. The molecule has 5 nitrogen and oxygen atoms in total. The number of aromatic nitrogens is 2. The van der Waals surface area contributed by atoms with Crippen molar-refractivity contribution in [2.75, 3.05) is 5.32 Å². The highest BCUT2D eigenvalue weighted by Crippen LogP contribution is 2.30. The Morgan fingerprint density at radius 2 is 1.32 bits per heavy atom. The fourth-order valence-electron chi connectivity index (χ4n) is 5.05. The number of nitrogens with zero attached hydrogens (tertiary/aromatic N) is 2. The van der Waals surface area contributed by atoms with Gasteiger partial charge in [-0.15, -0.1) is 0 Å². The number of hydrogen-bond donors (Lipinski definition) is 2. The molecule has 5 rings (SSSR count). The van der Waals surface area contributed by atoms with Crippen molar-refractivity contribution in [3.05, 3.63) is 143 Å². The molecule has 0 aliphatic carbocycles. The van der Waals surface area contributed by atoms with Gasteiger partial charge >= 0.3 is 0 Å². The van der Waals surface area contributed by atoms with E-state index in [1.807, 2.05) is 115 Å². The molecule has 0 radical (unpaired) electrons. The fourth-order valence-corrected chi connectivity index (χ4v) is 5.05. The van der Waals surface area contributed by atoms with Crippen LogP contribution in [0.1, 0.15) is 34.0 Å². The monoisotopic (exact) mass is 500 g/mol. The van der Waals surface area contributed by atoms with Crippen LogP contribution in [0.5, 0.6) is 0 Å². The summed E-state index contributed by atoms with van der Waals surface area (Å²) in [5, 5.41) is 7.81. The SMILES string of the molecule is Cc1nn(Cc2ccccc2)c(C)c1-c1ccc(NC(=O)[C@@H](N)C(c2ccccc2)c2ccccc2)cc1. The quantitative estimate of drug-likeness (QED) is 0.262.